The maximum atomic E-state index is 12.4. The van der Waals surface area contributed by atoms with E-state index in [0.29, 0.717) is 37.9 Å². The molecule has 1 N–H and O–H groups in total. The van der Waals surface area contributed by atoms with Crippen LogP contribution in [0.15, 0.2) is 52.1 Å². The maximum Gasteiger partial charge on any atom is 0.289 e. The van der Waals surface area contributed by atoms with Crippen LogP contribution < -0.4 is 10.1 Å². The Morgan fingerprint density at radius 3 is 2.48 bits per heavy atom. The number of hydrogen-bond acceptors (Lipinski definition) is 4. The second-order valence-electron chi connectivity index (χ2n) is 7.53. The number of aliphatic imine (C=N–C) groups is 1. The zero-order chi connectivity index (χ0) is 21.3. The number of rotatable bonds is 7. The quantitative estimate of drug-likeness (QED) is 0.250. The van der Waals surface area contributed by atoms with Crippen molar-refractivity contribution in [1.29, 1.82) is 0 Å². The fraction of sp³-hybridized carbons (Fsp3) is 0.478. The zero-order valence-electron chi connectivity index (χ0n) is 18.5. The Morgan fingerprint density at radius 1 is 1.13 bits per heavy atom. The van der Waals surface area contributed by atoms with Crippen molar-refractivity contribution in [3.8, 4) is 5.75 Å². The molecule has 0 aliphatic carbocycles. The molecule has 3 rings (SSSR count). The third-order valence-electron chi connectivity index (χ3n) is 5.08. The van der Waals surface area contributed by atoms with E-state index < -0.39 is 0 Å². The SMILES string of the molecule is CCNC(=NCCOc1ccccc1C(C)C)N1CCN(C(=O)c2ccco2)CC1.I. The molecule has 7 nitrogen and oxygen atoms in total. The normalized spacial score (nSPS) is 14.4. The number of ether oxygens (including phenoxy) is 1. The second-order valence-corrected chi connectivity index (χ2v) is 7.53. The van der Waals surface area contributed by atoms with Gasteiger partial charge in [-0.1, -0.05) is 32.0 Å². The molecule has 0 spiro atoms. The lowest BCUT2D eigenvalue weighted by Gasteiger charge is -2.36. The van der Waals surface area contributed by atoms with Crippen LogP contribution in [0.4, 0.5) is 0 Å². The van der Waals surface area contributed by atoms with Gasteiger partial charge in [-0.05, 0) is 36.6 Å². The highest BCUT2D eigenvalue weighted by atomic mass is 127. The zero-order valence-corrected chi connectivity index (χ0v) is 20.9. The van der Waals surface area contributed by atoms with Gasteiger partial charge in [-0.25, -0.2) is 4.99 Å². The molecule has 2 heterocycles. The minimum Gasteiger partial charge on any atom is -0.491 e. The minimum atomic E-state index is -0.0567. The lowest BCUT2D eigenvalue weighted by molar-refractivity contribution is 0.0657. The fourth-order valence-corrected chi connectivity index (χ4v) is 3.50. The van der Waals surface area contributed by atoms with Crippen LogP contribution in [-0.2, 0) is 0 Å². The van der Waals surface area contributed by atoms with Gasteiger partial charge >= 0.3 is 0 Å². The summed E-state index contributed by atoms with van der Waals surface area (Å²) < 4.78 is 11.2. The number of hydrogen-bond donors (Lipinski definition) is 1. The molecule has 1 aliphatic heterocycles. The van der Waals surface area contributed by atoms with E-state index in [4.69, 9.17) is 14.1 Å². The van der Waals surface area contributed by atoms with Gasteiger partial charge in [0.2, 0.25) is 0 Å². The van der Waals surface area contributed by atoms with E-state index in [9.17, 15) is 4.79 Å². The molecule has 170 valence electrons. The number of guanidine groups is 1. The number of benzene rings is 1. The Kier molecular flexibility index (Phi) is 10.2. The van der Waals surface area contributed by atoms with Gasteiger partial charge in [-0.15, -0.1) is 24.0 Å². The summed E-state index contributed by atoms with van der Waals surface area (Å²) in [6.07, 6.45) is 1.53. The molecule has 1 aromatic heterocycles. The topological polar surface area (TPSA) is 70.3 Å². The number of furan rings is 1. The summed E-state index contributed by atoms with van der Waals surface area (Å²) in [4.78, 5) is 21.2. The minimum absolute atomic E-state index is 0. The highest BCUT2D eigenvalue weighted by Crippen LogP contribution is 2.25. The summed E-state index contributed by atoms with van der Waals surface area (Å²) in [5, 5.41) is 3.35. The second kappa shape index (κ2) is 12.6. The Bertz CT molecular complexity index is 831. The summed E-state index contributed by atoms with van der Waals surface area (Å²) in [6, 6.07) is 11.6. The van der Waals surface area contributed by atoms with Gasteiger partial charge in [0.05, 0.1) is 12.8 Å². The summed E-state index contributed by atoms with van der Waals surface area (Å²) in [7, 11) is 0. The summed E-state index contributed by atoms with van der Waals surface area (Å²) in [5.74, 6) is 2.55. The first-order chi connectivity index (χ1) is 14.6. The number of carbonyl (C=O) groups is 1. The standard InChI is InChI=1S/C23H32N4O3.HI/c1-4-24-23(25-11-17-30-20-9-6-5-8-19(20)18(2)3)27-14-12-26(13-15-27)22(28)21-10-7-16-29-21;/h5-10,16,18H,4,11-15,17H2,1-3H3,(H,24,25);1H. The van der Waals surface area contributed by atoms with Crippen molar-refractivity contribution in [1.82, 2.24) is 15.1 Å². The first kappa shape index (κ1) is 25.0. The van der Waals surface area contributed by atoms with Crippen molar-refractivity contribution in [2.24, 2.45) is 4.99 Å². The van der Waals surface area contributed by atoms with E-state index in [1.54, 1.807) is 12.1 Å². The van der Waals surface area contributed by atoms with Gasteiger partial charge in [0, 0.05) is 32.7 Å². The largest absolute Gasteiger partial charge is 0.491 e. The molecular formula is C23H33IN4O3. The van der Waals surface area contributed by atoms with Crippen LogP contribution in [0, 0.1) is 0 Å². The molecule has 1 aliphatic rings. The monoisotopic (exact) mass is 540 g/mol. The van der Waals surface area contributed by atoms with Crippen molar-refractivity contribution >= 4 is 35.8 Å². The Hall–Kier alpha value is -2.23. The van der Waals surface area contributed by atoms with E-state index in [-0.39, 0.29) is 29.9 Å². The Labute approximate surface area is 201 Å². The number of nitrogens with zero attached hydrogens (tertiary/aromatic N) is 3. The number of para-hydroxylation sites is 1. The van der Waals surface area contributed by atoms with E-state index in [2.05, 4.69) is 37.1 Å². The molecule has 1 saturated heterocycles. The average Bonchev–Trinajstić information content (AvgIpc) is 3.30. The molecule has 0 radical (unpaired) electrons. The number of nitrogens with one attached hydrogen (secondary N) is 1. The van der Waals surface area contributed by atoms with Crippen LogP contribution in [0.5, 0.6) is 5.75 Å². The van der Waals surface area contributed by atoms with Crippen molar-refractivity contribution in [2.45, 2.75) is 26.7 Å². The van der Waals surface area contributed by atoms with Crippen molar-refractivity contribution in [3.63, 3.8) is 0 Å². The molecule has 1 fully saturated rings. The van der Waals surface area contributed by atoms with E-state index in [1.807, 2.05) is 23.1 Å². The Morgan fingerprint density at radius 2 is 1.84 bits per heavy atom. The first-order valence-corrected chi connectivity index (χ1v) is 10.7. The molecule has 2 aromatic rings. The highest BCUT2D eigenvalue weighted by molar-refractivity contribution is 14.0. The molecule has 1 amide bonds. The van der Waals surface area contributed by atoms with Crippen LogP contribution in [-0.4, -0.2) is 67.5 Å². The van der Waals surface area contributed by atoms with E-state index in [0.717, 1.165) is 31.3 Å². The summed E-state index contributed by atoms with van der Waals surface area (Å²) >= 11 is 0. The number of carbonyl (C=O) groups excluding carboxylic acids is 1. The van der Waals surface area contributed by atoms with Gasteiger partial charge in [-0.2, -0.15) is 0 Å². The number of halogens is 1. The number of amides is 1. The van der Waals surface area contributed by atoms with Gasteiger partial charge in [0.15, 0.2) is 11.7 Å². The van der Waals surface area contributed by atoms with Gasteiger partial charge in [0.25, 0.3) is 5.91 Å². The molecule has 0 atom stereocenters. The van der Waals surface area contributed by atoms with Crippen LogP contribution in [0.25, 0.3) is 0 Å². The van der Waals surface area contributed by atoms with Crippen LogP contribution >= 0.6 is 24.0 Å². The molecule has 0 unspecified atom stereocenters. The van der Waals surface area contributed by atoms with Crippen molar-refractivity contribution in [3.05, 3.63) is 54.0 Å². The van der Waals surface area contributed by atoms with Crippen LogP contribution in [0.1, 0.15) is 42.8 Å². The molecule has 31 heavy (non-hydrogen) atoms. The smallest absolute Gasteiger partial charge is 0.289 e. The van der Waals surface area contributed by atoms with Crippen molar-refractivity contribution in [2.75, 3.05) is 45.9 Å². The van der Waals surface area contributed by atoms with Crippen LogP contribution in [0.3, 0.4) is 0 Å². The van der Waals surface area contributed by atoms with Crippen LogP contribution in [0.2, 0.25) is 0 Å². The lowest BCUT2D eigenvalue weighted by atomic mass is 10.0. The molecule has 1 aromatic carbocycles. The van der Waals surface area contributed by atoms with E-state index >= 15 is 0 Å². The Balaban J connectivity index is 0.00000341. The molecule has 0 bridgehead atoms. The lowest BCUT2D eigenvalue weighted by Crippen LogP contribution is -2.53. The third kappa shape index (κ3) is 6.88. The fourth-order valence-electron chi connectivity index (χ4n) is 3.50. The summed E-state index contributed by atoms with van der Waals surface area (Å²) in [5.41, 5.74) is 1.21. The maximum absolute atomic E-state index is 12.4. The molecule has 8 heteroatoms. The highest BCUT2D eigenvalue weighted by Gasteiger charge is 2.25. The number of piperazine rings is 1. The predicted molar refractivity (Wildman–Crippen MR) is 134 cm³/mol. The van der Waals surface area contributed by atoms with Gasteiger partial charge in [-0.3, -0.25) is 4.79 Å². The molecule has 0 saturated carbocycles. The van der Waals surface area contributed by atoms with E-state index in [1.165, 1.54) is 11.8 Å². The van der Waals surface area contributed by atoms with Crippen molar-refractivity contribution < 1.29 is 13.9 Å². The molecular weight excluding hydrogens is 507 g/mol. The predicted octanol–water partition coefficient (Wildman–Crippen LogP) is 3.82. The summed E-state index contributed by atoms with van der Waals surface area (Å²) in [6.45, 7) is 11.0. The van der Waals surface area contributed by atoms with Gasteiger partial charge < -0.3 is 24.3 Å². The van der Waals surface area contributed by atoms with Gasteiger partial charge in [0.1, 0.15) is 12.4 Å². The third-order valence-corrected chi connectivity index (χ3v) is 5.08. The first-order valence-electron chi connectivity index (χ1n) is 10.7. The average molecular weight is 540 g/mol.